The number of methoxy groups -OCH3 is 1. The number of nitrogens with zero attached hydrogens (tertiary/aromatic N) is 1. The van der Waals surface area contributed by atoms with Crippen LogP contribution in [0.15, 0.2) is 12.1 Å². The lowest BCUT2D eigenvalue weighted by atomic mass is 10.1. The third-order valence-electron chi connectivity index (χ3n) is 2.30. The Morgan fingerprint density at radius 1 is 1.44 bits per heavy atom. The van der Waals surface area contributed by atoms with Gasteiger partial charge < -0.3 is 10.1 Å². The molecule has 16 heavy (non-hydrogen) atoms. The molecule has 0 saturated heterocycles. The van der Waals surface area contributed by atoms with E-state index in [1.807, 2.05) is 19.1 Å². The molecule has 0 radical (unpaired) electrons. The standard InChI is InChI=1S/C12H19ClN2O/c1-9-5-11(16-4)6-10(15-9)7-14-12(2,3)8-13/h5-6,14H,7-8H2,1-4H3. The van der Waals surface area contributed by atoms with Crippen molar-refractivity contribution in [3.05, 3.63) is 23.5 Å². The maximum absolute atomic E-state index is 5.84. The number of hydrogen-bond donors (Lipinski definition) is 1. The van der Waals surface area contributed by atoms with Crippen LogP contribution >= 0.6 is 11.6 Å². The number of alkyl halides is 1. The summed E-state index contributed by atoms with van der Waals surface area (Å²) in [5.41, 5.74) is 1.84. The Kier molecular flexibility index (Phi) is 4.56. The van der Waals surface area contributed by atoms with E-state index in [0.29, 0.717) is 12.4 Å². The minimum Gasteiger partial charge on any atom is -0.497 e. The van der Waals surface area contributed by atoms with Crippen molar-refractivity contribution >= 4 is 11.6 Å². The SMILES string of the molecule is COc1cc(C)nc(CNC(C)(C)CCl)c1. The minimum absolute atomic E-state index is 0.0831. The van der Waals surface area contributed by atoms with Crippen molar-refractivity contribution in [2.45, 2.75) is 32.9 Å². The third kappa shape index (κ3) is 3.99. The molecule has 0 saturated carbocycles. The molecule has 3 nitrogen and oxygen atoms in total. The Morgan fingerprint density at radius 3 is 2.69 bits per heavy atom. The lowest BCUT2D eigenvalue weighted by Gasteiger charge is -2.23. The zero-order valence-electron chi connectivity index (χ0n) is 10.3. The molecule has 1 rings (SSSR count). The highest BCUT2D eigenvalue weighted by Gasteiger charge is 2.15. The van der Waals surface area contributed by atoms with Gasteiger partial charge in [0.2, 0.25) is 0 Å². The van der Waals surface area contributed by atoms with Crippen molar-refractivity contribution in [3.8, 4) is 5.75 Å². The summed E-state index contributed by atoms with van der Waals surface area (Å²) in [5, 5.41) is 3.35. The Morgan fingerprint density at radius 2 is 2.12 bits per heavy atom. The van der Waals surface area contributed by atoms with Gasteiger partial charge in [0.05, 0.1) is 12.8 Å². The Bertz CT molecular complexity index is 353. The van der Waals surface area contributed by atoms with Crippen LogP contribution in [0.4, 0.5) is 0 Å². The largest absolute Gasteiger partial charge is 0.497 e. The number of pyridine rings is 1. The molecule has 0 unspecified atom stereocenters. The molecule has 0 fully saturated rings. The molecule has 1 N–H and O–H groups in total. The number of aryl methyl sites for hydroxylation is 1. The predicted octanol–water partition coefficient (Wildman–Crippen LogP) is 2.51. The monoisotopic (exact) mass is 242 g/mol. The molecule has 0 aliphatic carbocycles. The van der Waals surface area contributed by atoms with E-state index < -0.39 is 0 Å². The quantitative estimate of drug-likeness (QED) is 0.806. The van der Waals surface area contributed by atoms with Crippen LogP contribution in [-0.2, 0) is 6.54 Å². The summed E-state index contributed by atoms with van der Waals surface area (Å²) in [4.78, 5) is 4.43. The first-order valence-corrected chi connectivity index (χ1v) is 5.83. The fourth-order valence-electron chi connectivity index (χ4n) is 1.29. The summed E-state index contributed by atoms with van der Waals surface area (Å²) < 4.78 is 5.20. The van der Waals surface area contributed by atoms with Gasteiger partial charge in [-0.1, -0.05) is 0 Å². The van der Waals surface area contributed by atoms with Crippen LogP contribution in [-0.4, -0.2) is 23.5 Å². The van der Waals surface area contributed by atoms with Gasteiger partial charge in [0.25, 0.3) is 0 Å². The molecular formula is C12H19ClN2O. The molecule has 0 spiro atoms. The molecule has 0 aliphatic rings. The molecule has 0 atom stereocenters. The number of halogens is 1. The van der Waals surface area contributed by atoms with Crippen LogP contribution in [0.1, 0.15) is 25.2 Å². The number of rotatable bonds is 5. The van der Waals surface area contributed by atoms with Crippen LogP contribution < -0.4 is 10.1 Å². The molecule has 0 aromatic carbocycles. The first-order chi connectivity index (χ1) is 7.46. The van der Waals surface area contributed by atoms with Gasteiger partial charge in [-0.3, -0.25) is 4.98 Å². The van der Waals surface area contributed by atoms with E-state index in [0.717, 1.165) is 17.1 Å². The fourth-order valence-corrected chi connectivity index (χ4v) is 1.38. The van der Waals surface area contributed by atoms with Crippen molar-refractivity contribution < 1.29 is 4.74 Å². The van der Waals surface area contributed by atoms with E-state index in [9.17, 15) is 0 Å². The Labute approximate surface area is 102 Å². The predicted molar refractivity (Wildman–Crippen MR) is 67.2 cm³/mol. The minimum atomic E-state index is -0.0831. The van der Waals surface area contributed by atoms with Gasteiger partial charge in [0, 0.05) is 35.8 Å². The van der Waals surface area contributed by atoms with Crippen molar-refractivity contribution in [3.63, 3.8) is 0 Å². The highest BCUT2D eigenvalue weighted by molar-refractivity contribution is 6.18. The third-order valence-corrected chi connectivity index (χ3v) is 2.97. The summed E-state index contributed by atoms with van der Waals surface area (Å²) in [6.07, 6.45) is 0. The normalized spacial score (nSPS) is 11.6. The zero-order chi connectivity index (χ0) is 12.2. The summed E-state index contributed by atoms with van der Waals surface area (Å²) in [6.45, 7) is 6.77. The van der Waals surface area contributed by atoms with Crippen molar-refractivity contribution in [1.29, 1.82) is 0 Å². The first-order valence-electron chi connectivity index (χ1n) is 5.29. The maximum Gasteiger partial charge on any atom is 0.122 e. The average molecular weight is 243 g/mol. The summed E-state index contributed by atoms with van der Waals surface area (Å²) in [7, 11) is 1.66. The smallest absolute Gasteiger partial charge is 0.122 e. The topological polar surface area (TPSA) is 34.1 Å². The van der Waals surface area contributed by atoms with Gasteiger partial charge in [-0.05, 0) is 20.8 Å². The zero-order valence-corrected chi connectivity index (χ0v) is 11.1. The Hall–Kier alpha value is -0.800. The molecule has 0 bridgehead atoms. The van der Waals surface area contributed by atoms with E-state index in [2.05, 4.69) is 24.1 Å². The van der Waals surface area contributed by atoms with Gasteiger partial charge in [-0.2, -0.15) is 0 Å². The van der Waals surface area contributed by atoms with E-state index >= 15 is 0 Å². The van der Waals surface area contributed by atoms with Crippen LogP contribution in [0, 0.1) is 6.92 Å². The van der Waals surface area contributed by atoms with Crippen LogP contribution in [0.2, 0.25) is 0 Å². The Balaban J connectivity index is 2.70. The number of nitrogens with one attached hydrogen (secondary N) is 1. The van der Waals surface area contributed by atoms with Crippen LogP contribution in [0.5, 0.6) is 5.75 Å². The number of aromatic nitrogens is 1. The second kappa shape index (κ2) is 5.51. The molecule has 4 heteroatoms. The van der Waals surface area contributed by atoms with Crippen molar-refractivity contribution in [2.24, 2.45) is 0 Å². The van der Waals surface area contributed by atoms with E-state index in [1.54, 1.807) is 7.11 Å². The maximum atomic E-state index is 5.84. The first kappa shape index (κ1) is 13.3. The van der Waals surface area contributed by atoms with Gasteiger partial charge in [-0.15, -0.1) is 11.6 Å². The number of hydrogen-bond acceptors (Lipinski definition) is 3. The van der Waals surface area contributed by atoms with Crippen molar-refractivity contribution in [1.82, 2.24) is 10.3 Å². The lowest BCUT2D eigenvalue weighted by molar-refractivity contribution is 0.407. The average Bonchev–Trinajstić information content (AvgIpc) is 2.26. The lowest BCUT2D eigenvalue weighted by Crippen LogP contribution is -2.40. The molecule has 1 heterocycles. The van der Waals surface area contributed by atoms with Gasteiger partial charge >= 0.3 is 0 Å². The molecular weight excluding hydrogens is 224 g/mol. The number of ether oxygens (including phenoxy) is 1. The van der Waals surface area contributed by atoms with E-state index in [-0.39, 0.29) is 5.54 Å². The summed E-state index contributed by atoms with van der Waals surface area (Å²) >= 11 is 5.84. The van der Waals surface area contributed by atoms with E-state index in [4.69, 9.17) is 16.3 Å². The van der Waals surface area contributed by atoms with Crippen molar-refractivity contribution in [2.75, 3.05) is 13.0 Å². The second-order valence-corrected chi connectivity index (χ2v) is 4.78. The van der Waals surface area contributed by atoms with Gasteiger partial charge in [-0.25, -0.2) is 0 Å². The molecule has 0 amide bonds. The van der Waals surface area contributed by atoms with Crippen LogP contribution in [0.25, 0.3) is 0 Å². The van der Waals surface area contributed by atoms with Gasteiger partial charge in [0.15, 0.2) is 0 Å². The molecule has 0 aliphatic heterocycles. The summed E-state index contributed by atoms with van der Waals surface area (Å²) in [5.74, 6) is 1.41. The highest BCUT2D eigenvalue weighted by atomic mass is 35.5. The summed E-state index contributed by atoms with van der Waals surface area (Å²) in [6, 6.07) is 3.85. The molecule has 1 aromatic rings. The second-order valence-electron chi connectivity index (χ2n) is 4.51. The van der Waals surface area contributed by atoms with Gasteiger partial charge in [0.1, 0.15) is 5.75 Å². The molecule has 90 valence electrons. The highest BCUT2D eigenvalue weighted by Crippen LogP contribution is 2.14. The molecule has 1 aromatic heterocycles. The van der Waals surface area contributed by atoms with E-state index in [1.165, 1.54) is 0 Å². The van der Waals surface area contributed by atoms with Crippen LogP contribution in [0.3, 0.4) is 0 Å². The fraction of sp³-hybridized carbons (Fsp3) is 0.583.